The van der Waals surface area contributed by atoms with E-state index in [1.165, 1.54) is 0 Å². The van der Waals surface area contributed by atoms with Gasteiger partial charge in [0.1, 0.15) is 5.60 Å². The summed E-state index contributed by atoms with van der Waals surface area (Å²) in [7, 11) is 0. The van der Waals surface area contributed by atoms with Crippen LogP contribution in [0.2, 0.25) is 0 Å². The molecular weight excluding hydrogens is 388 g/mol. The van der Waals surface area contributed by atoms with E-state index in [4.69, 9.17) is 10.4 Å². The second-order valence-corrected chi connectivity index (χ2v) is 7.55. The topological polar surface area (TPSA) is 110 Å². The highest BCUT2D eigenvalue weighted by atomic mass is 79.9. The molecule has 2 rings (SSSR count). The van der Waals surface area contributed by atoms with Gasteiger partial charge < -0.3 is 15.5 Å². The number of carbonyl (C=O) groups excluding carboxylic acids is 1. The van der Waals surface area contributed by atoms with Crippen molar-refractivity contribution < 1.29 is 19.8 Å². The van der Waals surface area contributed by atoms with Crippen LogP contribution < -0.4 is 5.32 Å². The number of nitriles is 1. The highest BCUT2D eigenvalue weighted by Crippen LogP contribution is 2.37. The van der Waals surface area contributed by atoms with Gasteiger partial charge in [-0.2, -0.15) is 5.26 Å². The van der Waals surface area contributed by atoms with E-state index in [2.05, 4.69) is 21.2 Å². The lowest BCUT2D eigenvalue weighted by molar-refractivity contribution is 0.00128. The summed E-state index contributed by atoms with van der Waals surface area (Å²) in [4.78, 5) is 23.4. The Hall–Kier alpha value is -1.91. The zero-order valence-electron chi connectivity index (χ0n) is 14.0. The molecule has 134 valence electrons. The van der Waals surface area contributed by atoms with Crippen LogP contribution in [-0.2, 0) is 0 Å². The minimum atomic E-state index is -1.41. The number of halogens is 1. The average molecular weight is 409 g/mol. The van der Waals surface area contributed by atoms with Crippen LogP contribution in [0.1, 0.15) is 54.9 Å². The summed E-state index contributed by atoms with van der Waals surface area (Å²) in [6.07, 6.45) is 1.69. The molecule has 1 aromatic carbocycles. The van der Waals surface area contributed by atoms with Gasteiger partial charge in [-0.3, -0.25) is 4.79 Å². The monoisotopic (exact) mass is 408 g/mol. The standard InChI is InChI=1S/C18H21BrN2O4/c1-11(21-17(23)24)8-12-4-6-18(25,7-5-12)16(22)14-3-2-13(10-20)9-15(14)19/h2-3,9,11-12,21,25H,4-8H2,1H3,(H,23,24). The first-order chi connectivity index (χ1) is 11.7. The van der Waals surface area contributed by atoms with E-state index >= 15 is 0 Å². The van der Waals surface area contributed by atoms with Crippen molar-refractivity contribution in [2.75, 3.05) is 0 Å². The van der Waals surface area contributed by atoms with Crippen LogP contribution in [0.3, 0.4) is 0 Å². The van der Waals surface area contributed by atoms with E-state index in [9.17, 15) is 14.7 Å². The lowest BCUT2D eigenvalue weighted by Crippen LogP contribution is -2.43. The molecule has 3 N–H and O–H groups in total. The first-order valence-corrected chi connectivity index (χ1v) is 9.01. The van der Waals surface area contributed by atoms with Crippen molar-refractivity contribution in [1.29, 1.82) is 5.26 Å². The summed E-state index contributed by atoms with van der Waals surface area (Å²) in [6.45, 7) is 1.81. The fourth-order valence-corrected chi connectivity index (χ4v) is 3.97. The summed E-state index contributed by atoms with van der Waals surface area (Å²) in [6, 6.07) is 6.55. The van der Waals surface area contributed by atoms with E-state index in [1.54, 1.807) is 18.2 Å². The number of ketones is 1. The van der Waals surface area contributed by atoms with E-state index in [1.807, 2.05) is 13.0 Å². The second-order valence-electron chi connectivity index (χ2n) is 6.70. The number of hydrogen-bond acceptors (Lipinski definition) is 4. The van der Waals surface area contributed by atoms with Gasteiger partial charge in [0, 0.05) is 16.1 Å². The maximum Gasteiger partial charge on any atom is 0.404 e. The second kappa shape index (κ2) is 7.98. The summed E-state index contributed by atoms with van der Waals surface area (Å²) >= 11 is 3.30. The van der Waals surface area contributed by atoms with Crippen LogP contribution in [0.5, 0.6) is 0 Å². The van der Waals surface area contributed by atoms with Crippen molar-refractivity contribution in [3.8, 4) is 6.07 Å². The predicted molar refractivity (Wildman–Crippen MR) is 95.3 cm³/mol. The Labute approximate surface area is 155 Å². The van der Waals surface area contributed by atoms with Crippen LogP contribution in [0, 0.1) is 17.2 Å². The van der Waals surface area contributed by atoms with E-state index in [0.29, 0.717) is 47.7 Å². The number of aliphatic hydroxyl groups is 1. The molecule has 0 saturated heterocycles. The SMILES string of the molecule is CC(CC1CCC(O)(C(=O)c2ccc(C#N)cc2Br)CC1)NC(=O)O. The molecule has 0 bridgehead atoms. The predicted octanol–water partition coefficient (Wildman–Crippen LogP) is 3.47. The normalized spacial score (nSPS) is 24.2. The molecule has 1 unspecified atom stereocenters. The zero-order valence-corrected chi connectivity index (χ0v) is 15.5. The van der Waals surface area contributed by atoms with Gasteiger partial charge >= 0.3 is 6.09 Å². The maximum absolute atomic E-state index is 12.8. The number of carboxylic acid groups (broad SMARTS) is 1. The molecule has 1 aromatic rings. The molecule has 1 saturated carbocycles. The van der Waals surface area contributed by atoms with Crippen LogP contribution in [0.25, 0.3) is 0 Å². The summed E-state index contributed by atoms with van der Waals surface area (Å²) in [5, 5.41) is 30.9. The zero-order chi connectivity index (χ0) is 18.6. The van der Waals surface area contributed by atoms with E-state index in [-0.39, 0.29) is 17.7 Å². The first-order valence-electron chi connectivity index (χ1n) is 8.21. The third kappa shape index (κ3) is 4.80. The molecule has 7 heteroatoms. The van der Waals surface area contributed by atoms with Crippen LogP contribution >= 0.6 is 15.9 Å². The Morgan fingerprint density at radius 2 is 2.08 bits per heavy atom. The third-order valence-corrected chi connectivity index (χ3v) is 5.41. The molecular formula is C18H21BrN2O4. The molecule has 1 fully saturated rings. The van der Waals surface area contributed by atoms with Crippen molar-refractivity contribution in [2.45, 2.75) is 50.7 Å². The Balaban J connectivity index is 2.01. The Morgan fingerprint density at radius 3 is 2.60 bits per heavy atom. The fourth-order valence-electron chi connectivity index (χ4n) is 3.41. The summed E-state index contributed by atoms with van der Waals surface area (Å²) in [5.74, 6) is -0.0571. The quantitative estimate of drug-likeness (QED) is 0.645. The number of nitrogens with one attached hydrogen (secondary N) is 1. The minimum Gasteiger partial charge on any atom is -0.465 e. The van der Waals surface area contributed by atoms with Crippen molar-refractivity contribution in [1.82, 2.24) is 5.32 Å². The van der Waals surface area contributed by atoms with E-state index in [0.717, 1.165) is 0 Å². The van der Waals surface area contributed by atoms with Gasteiger partial charge in [-0.15, -0.1) is 0 Å². The van der Waals surface area contributed by atoms with Gasteiger partial charge in [0.25, 0.3) is 0 Å². The van der Waals surface area contributed by atoms with Gasteiger partial charge in [0.2, 0.25) is 0 Å². The lowest BCUT2D eigenvalue weighted by atomic mass is 9.73. The molecule has 1 aliphatic carbocycles. The molecule has 1 aliphatic rings. The summed E-state index contributed by atoms with van der Waals surface area (Å²) in [5.41, 5.74) is -0.587. The molecule has 0 aromatic heterocycles. The smallest absolute Gasteiger partial charge is 0.404 e. The maximum atomic E-state index is 12.8. The van der Waals surface area contributed by atoms with Gasteiger partial charge in [0.15, 0.2) is 5.78 Å². The Morgan fingerprint density at radius 1 is 1.44 bits per heavy atom. The molecule has 1 atom stereocenters. The number of rotatable bonds is 5. The van der Waals surface area contributed by atoms with Gasteiger partial charge in [-0.05, 0) is 79.1 Å². The number of carbonyl (C=O) groups is 2. The van der Waals surface area contributed by atoms with Gasteiger partial charge in [-0.1, -0.05) is 0 Å². The molecule has 0 spiro atoms. The highest BCUT2D eigenvalue weighted by Gasteiger charge is 2.41. The first kappa shape index (κ1) is 19.4. The molecule has 0 radical (unpaired) electrons. The number of amides is 1. The Bertz CT molecular complexity index is 706. The van der Waals surface area contributed by atoms with Gasteiger partial charge in [0.05, 0.1) is 11.6 Å². The van der Waals surface area contributed by atoms with Crippen LogP contribution in [0.15, 0.2) is 22.7 Å². The van der Waals surface area contributed by atoms with Gasteiger partial charge in [-0.25, -0.2) is 4.79 Å². The number of Topliss-reactive ketones (excluding diaryl/α,β-unsaturated/α-hetero) is 1. The van der Waals surface area contributed by atoms with E-state index < -0.39 is 11.7 Å². The number of hydrogen-bond donors (Lipinski definition) is 3. The van der Waals surface area contributed by atoms with Crippen LogP contribution in [-0.4, -0.2) is 33.7 Å². The van der Waals surface area contributed by atoms with Crippen LogP contribution in [0.4, 0.5) is 4.79 Å². The molecule has 6 nitrogen and oxygen atoms in total. The highest BCUT2D eigenvalue weighted by molar-refractivity contribution is 9.10. The largest absolute Gasteiger partial charge is 0.465 e. The molecule has 0 aliphatic heterocycles. The molecule has 25 heavy (non-hydrogen) atoms. The van der Waals surface area contributed by atoms with Crippen molar-refractivity contribution in [3.63, 3.8) is 0 Å². The molecule has 1 amide bonds. The third-order valence-electron chi connectivity index (χ3n) is 4.75. The number of benzene rings is 1. The van der Waals surface area contributed by atoms with Crippen molar-refractivity contribution in [3.05, 3.63) is 33.8 Å². The van der Waals surface area contributed by atoms with Crippen molar-refractivity contribution in [2.24, 2.45) is 5.92 Å². The minimum absolute atomic E-state index is 0.155. The Kier molecular flexibility index (Phi) is 6.20. The summed E-state index contributed by atoms with van der Waals surface area (Å²) < 4.78 is 0.506. The van der Waals surface area contributed by atoms with Crippen molar-refractivity contribution >= 4 is 27.8 Å². The average Bonchev–Trinajstić information content (AvgIpc) is 2.55. The number of nitrogens with zero attached hydrogens (tertiary/aromatic N) is 1. The fraction of sp³-hybridized carbons (Fsp3) is 0.500. The molecule has 0 heterocycles. The lowest BCUT2D eigenvalue weighted by Gasteiger charge is -2.36.